The Labute approximate surface area is 153 Å². The molecule has 2 heterocycles. The summed E-state index contributed by atoms with van der Waals surface area (Å²) in [7, 11) is 0. The highest BCUT2D eigenvalue weighted by atomic mass is 19.2. The maximum Gasteiger partial charge on any atom is 0.256 e. The number of halogens is 2. The van der Waals surface area contributed by atoms with E-state index < -0.39 is 17.5 Å². The van der Waals surface area contributed by atoms with Crippen LogP contribution >= 0.6 is 0 Å². The van der Waals surface area contributed by atoms with Crippen molar-refractivity contribution in [1.29, 1.82) is 0 Å². The third kappa shape index (κ3) is 3.25. The van der Waals surface area contributed by atoms with Crippen molar-refractivity contribution >= 4 is 22.5 Å². The number of hydrogen-bond donors (Lipinski definition) is 1. The molecule has 4 nitrogen and oxygen atoms in total. The second kappa shape index (κ2) is 6.92. The number of anilines is 1. The van der Waals surface area contributed by atoms with Crippen LogP contribution in [-0.2, 0) is 0 Å². The summed E-state index contributed by atoms with van der Waals surface area (Å²) in [5, 5.41) is 3.06. The van der Waals surface area contributed by atoms with Crippen LogP contribution in [0.2, 0.25) is 0 Å². The van der Waals surface area contributed by atoms with E-state index in [1.807, 2.05) is 6.07 Å². The van der Waals surface area contributed by atoms with Crippen molar-refractivity contribution in [3.8, 4) is 11.3 Å². The van der Waals surface area contributed by atoms with Crippen LogP contribution in [0.3, 0.4) is 0 Å². The summed E-state index contributed by atoms with van der Waals surface area (Å²) in [6, 6.07) is 16.0. The van der Waals surface area contributed by atoms with E-state index in [9.17, 15) is 13.6 Å². The molecule has 0 fully saturated rings. The molecule has 0 atom stereocenters. The van der Waals surface area contributed by atoms with Crippen molar-refractivity contribution in [3.63, 3.8) is 0 Å². The molecular formula is C21H13F2N3O. The SMILES string of the molecule is O=C(Nc1cccc(F)c1F)c1cc(-c2ccncc2)nc2ccccc12. The van der Waals surface area contributed by atoms with Gasteiger partial charge < -0.3 is 5.32 Å². The number of fused-ring (bicyclic) bond motifs is 1. The Bertz CT molecular complexity index is 1150. The van der Waals surface area contributed by atoms with Gasteiger partial charge in [-0.25, -0.2) is 13.8 Å². The lowest BCUT2D eigenvalue weighted by Gasteiger charge is -2.11. The zero-order valence-corrected chi connectivity index (χ0v) is 14.0. The van der Waals surface area contributed by atoms with Crippen LogP contribution in [0.1, 0.15) is 10.4 Å². The summed E-state index contributed by atoms with van der Waals surface area (Å²) < 4.78 is 27.4. The number of carbonyl (C=O) groups excluding carboxylic acids is 1. The Balaban J connectivity index is 1.82. The van der Waals surface area contributed by atoms with Crippen LogP contribution in [0, 0.1) is 11.6 Å². The molecule has 27 heavy (non-hydrogen) atoms. The number of pyridine rings is 2. The molecule has 1 N–H and O–H groups in total. The van der Waals surface area contributed by atoms with Crippen molar-refractivity contribution in [2.24, 2.45) is 0 Å². The molecule has 0 aliphatic carbocycles. The van der Waals surface area contributed by atoms with E-state index in [1.54, 1.807) is 48.8 Å². The Morgan fingerprint density at radius 1 is 0.926 bits per heavy atom. The molecule has 0 saturated heterocycles. The number of benzene rings is 2. The van der Waals surface area contributed by atoms with Crippen LogP contribution in [0.5, 0.6) is 0 Å². The summed E-state index contributed by atoms with van der Waals surface area (Å²) in [4.78, 5) is 21.4. The smallest absolute Gasteiger partial charge is 0.256 e. The van der Waals surface area contributed by atoms with Gasteiger partial charge in [0.15, 0.2) is 11.6 Å². The minimum atomic E-state index is -1.10. The number of nitrogens with one attached hydrogen (secondary N) is 1. The fourth-order valence-electron chi connectivity index (χ4n) is 2.82. The Morgan fingerprint density at radius 2 is 1.70 bits per heavy atom. The van der Waals surface area contributed by atoms with Gasteiger partial charge in [-0.15, -0.1) is 0 Å². The minimum absolute atomic E-state index is 0.216. The van der Waals surface area contributed by atoms with Crippen LogP contribution < -0.4 is 5.32 Å². The van der Waals surface area contributed by atoms with Gasteiger partial charge in [0.2, 0.25) is 0 Å². The van der Waals surface area contributed by atoms with Crippen LogP contribution in [-0.4, -0.2) is 15.9 Å². The average Bonchev–Trinajstić information content (AvgIpc) is 2.71. The van der Waals surface area contributed by atoms with E-state index in [0.29, 0.717) is 22.2 Å². The molecular weight excluding hydrogens is 348 g/mol. The second-order valence-electron chi connectivity index (χ2n) is 5.86. The Hall–Kier alpha value is -3.67. The highest BCUT2D eigenvalue weighted by molar-refractivity contribution is 6.13. The number of amides is 1. The first-order chi connectivity index (χ1) is 13.1. The highest BCUT2D eigenvalue weighted by Crippen LogP contribution is 2.26. The molecule has 0 aliphatic heterocycles. The summed E-state index contributed by atoms with van der Waals surface area (Å²) in [6.45, 7) is 0. The molecule has 0 aliphatic rings. The highest BCUT2D eigenvalue weighted by Gasteiger charge is 2.16. The first-order valence-electron chi connectivity index (χ1n) is 8.19. The summed E-state index contributed by atoms with van der Waals surface area (Å²) in [5.41, 5.74) is 2.10. The van der Waals surface area contributed by atoms with Gasteiger partial charge in [0.05, 0.1) is 22.5 Å². The maximum atomic E-state index is 13.9. The largest absolute Gasteiger partial charge is 0.319 e. The number of aromatic nitrogens is 2. The van der Waals surface area contributed by atoms with E-state index in [2.05, 4.69) is 15.3 Å². The van der Waals surface area contributed by atoms with E-state index >= 15 is 0 Å². The Morgan fingerprint density at radius 3 is 2.52 bits per heavy atom. The van der Waals surface area contributed by atoms with Crippen molar-refractivity contribution in [2.45, 2.75) is 0 Å². The number of carbonyl (C=O) groups is 1. The lowest BCUT2D eigenvalue weighted by atomic mass is 10.0. The molecule has 4 rings (SSSR count). The molecule has 6 heteroatoms. The van der Waals surface area contributed by atoms with Gasteiger partial charge in [-0.1, -0.05) is 24.3 Å². The molecule has 0 saturated carbocycles. The van der Waals surface area contributed by atoms with Gasteiger partial charge in [0.1, 0.15) is 0 Å². The number of nitrogens with zero attached hydrogens (tertiary/aromatic N) is 2. The van der Waals surface area contributed by atoms with E-state index in [1.165, 1.54) is 12.1 Å². The third-order valence-corrected chi connectivity index (χ3v) is 4.14. The third-order valence-electron chi connectivity index (χ3n) is 4.14. The zero-order chi connectivity index (χ0) is 18.8. The topological polar surface area (TPSA) is 54.9 Å². The van der Waals surface area contributed by atoms with Gasteiger partial charge in [0, 0.05) is 23.3 Å². The molecule has 4 aromatic rings. The van der Waals surface area contributed by atoms with Crippen LogP contribution in [0.4, 0.5) is 14.5 Å². The predicted molar refractivity (Wildman–Crippen MR) is 99.3 cm³/mol. The van der Waals surface area contributed by atoms with Crippen molar-refractivity contribution in [3.05, 3.63) is 90.3 Å². The first kappa shape index (κ1) is 16.8. The quantitative estimate of drug-likeness (QED) is 0.569. The normalized spacial score (nSPS) is 10.7. The van der Waals surface area contributed by atoms with E-state index in [0.717, 1.165) is 11.6 Å². The lowest BCUT2D eigenvalue weighted by molar-refractivity contribution is 0.102. The fourth-order valence-corrected chi connectivity index (χ4v) is 2.82. The predicted octanol–water partition coefficient (Wildman–Crippen LogP) is 4.83. The van der Waals surface area contributed by atoms with E-state index in [4.69, 9.17) is 0 Å². The number of rotatable bonds is 3. The fraction of sp³-hybridized carbons (Fsp3) is 0. The van der Waals surface area contributed by atoms with Gasteiger partial charge in [-0.05, 0) is 36.4 Å². The van der Waals surface area contributed by atoms with Gasteiger partial charge >= 0.3 is 0 Å². The molecule has 2 aromatic heterocycles. The summed E-state index contributed by atoms with van der Waals surface area (Å²) >= 11 is 0. The van der Waals surface area contributed by atoms with Gasteiger partial charge in [0.25, 0.3) is 5.91 Å². The van der Waals surface area contributed by atoms with E-state index in [-0.39, 0.29) is 5.69 Å². The lowest BCUT2D eigenvalue weighted by Crippen LogP contribution is -2.14. The van der Waals surface area contributed by atoms with Crippen LogP contribution in [0.15, 0.2) is 73.1 Å². The number of para-hydroxylation sites is 1. The Kier molecular flexibility index (Phi) is 4.30. The molecule has 0 spiro atoms. The standard InChI is InChI=1S/C21H13F2N3O/c22-16-5-3-7-18(20(16)23)26-21(27)15-12-19(13-8-10-24-11-9-13)25-17-6-2-1-4-14(15)17/h1-12H,(H,26,27). The molecule has 1 amide bonds. The molecule has 2 aromatic carbocycles. The van der Waals surface area contributed by atoms with Crippen molar-refractivity contribution in [2.75, 3.05) is 5.32 Å². The monoisotopic (exact) mass is 361 g/mol. The van der Waals surface area contributed by atoms with Crippen molar-refractivity contribution in [1.82, 2.24) is 9.97 Å². The zero-order valence-electron chi connectivity index (χ0n) is 14.0. The average molecular weight is 361 g/mol. The van der Waals surface area contributed by atoms with Gasteiger partial charge in [-0.3, -0.25) is 9.78 Å². The molecule has 132 valence electrons. The second-order valence-corrected chi connectivity index (χ2v) is 5.86. The minimum Gasteiger partial charge on any atom is -0.319 e. The molecule has 0 bridgehead atoms. The number of hydrogen-bond acceptors (Lipinski definition) is 3. The summed E-state index contributed by atoms with van der Waals surface area (Å²) in [6.07, 6.45) is 3.27. The first-order valence-corrected chi connectivity index (χ1v) is 8.19. The van der Waals surface area contributed by atoms with Crippen molar-refractivity contribution < 1.29 is 13.6 Å². The summed E-state index contributed by atoms with van der Waals surface area (Å²) in [5.74, 6) is -2.67. The van der Waals surface area contributed by atoms with Crippen LogP contribution in [0.25, 0.3) is 22.2 Å². The molecule has 0 radical (unpaired) electrons. The van der Waals surface area contributed by atoms with Gasteiger partial charge in [-0.2, -0.15) is 0 Å². The molecule has 0 unspecified atom stereocenters. The maximum absolute atomic E-state index is 13.9.